The molecule has 21 N–H and O–H groups in total. The van der Waals surface area contributed by atoms with Gasteiger partial charge in [0, 0.05) is 47.2 Å². The number of aliphatic hydroxyl groups is 6. The smallest absolute Gasteiger partial charge is 0.248 e. The zero-order valence-corrected chi connectivity index (χ0v) is 64.1. The topological polar surface area (TPSA) is 599 Å². The summed E-state index contributed by atoms with van der Waals surface area (Å²) >= 11 is 14.3. The highest BCUT2D eigenvalue weighted by molar-refractivity contribution is 6.32. The zero-order valence-electron chi connectivity index (χ0n) is 62.6. The molecule has 12 rings (SSSR count). The van der Waals surface area contributed by atoms with Gasteiger partial charge in [0.25, 0.3) is 0 Å². The normalized spacial score (nSPS) is 27.2. The maximum Gasteiger partial charge on any atom is 0.248 e. The van der Waals surface area contributed by atoms with Gasteiger partial charge in [0.15, 0.2) is 23.9 Å². The number of carbonyl (C=O) groups excluding carboxylic acids is 8. The van der Waals surface area contributed by atoms with Gasteiger partial charge in [0.2, 0.25) is 59.3 Å². The fraction of sp³-hybridized carbons (Fsp3) is 0.486. The number of carbonyl (C=O) groups is 8. The van der Waals surface area contributed by atoms with Crippen molar-refractivity contribution in [2.75, 3.05) is 66.4 Å². The molecule has 2 fully saturated rings. The van der Waals surface area contributed by atoms with Crippen LogP contribution < -0.4 is 68.2 Å². The lowest BCUT2D eigenvalue weighted by molar-refractivity contribution is -0.333. The number of rotatable bonds is 25. The number of hydrogen-bond donors (Lipinski definition) is 19. The predicted octanol–water partition coefficient (Wildman–Crippen LogP) is 0.498. The van der Waals surface area contributed by atoms with E-state index >= 15 is 19.2 Å². The molecule has 0 aromatic heterocycles. The second-order valence-corrected chi connectivity index (χ2v) is 29.3. The highest BCUT2D eigenvalue weighted by Gasteiger charge is 2.52. The summed E-state index contributed by atoms with van der Waals surface area (Å²) in [5.41, 5.74) is 16.8. The molecule has 2 saturated heterocycles. The molecular formula is C74H91Cl2N13O26. The van der Waals surface area contributed by atoms with Crippen LogP contribution >= 0.6 is 23.2 Å². The van der Waals surface area contributed by atoms with E-state index < -0.39 is 237 Å². The molecule has 0 saturated carbocycles. The lowest BCUT2D eigenvalue weighted by atomic mass is 9.86. The number of phenols is 3. The van der Waals surface area contributed by atoms with Gasteiger partial charge in [-0.2, -0.15) is 0 Å². The SMILES string of the molecule is CN[C@H](CC(C)C)C(=O)N[C@H]1C(=O)N[C@@H](CC(N)=O)C(=O)N[C@H]2C(=O)N[C@H]3C(=O)N[C@H](C(=O)N[C@H](C(=O)NCCOCCOCCOCCN=[N+]=[N-])c4cc(O)cc(O)c4-c4cc3ccc4O)[C@H](O)c3ccc(c(Cl)c3)Oc3cc2cc(c3O[C@@H]2O[C@H](CO)[C@@H](O)[C@H](O)[C@H]2O[C@H]2C[C@](C)(N)[C@H](O)[C@H](C)O2)Oc2ccc(cc2Cl)[C@H]1O. The van der Waals surface area contributed by atoms with Crippen LogP contribution in [0.4, 0.5) is 0 Å². The molecule has 5 aromatic rings. The molecule has 0 aliphatic carbocycles. The molecule has 5 aromatic carbocycles. The summed E-state index contributed by atoms with van der Waals surface area (Å²) in [7, 11) is 1.47. The maximum absolute atomic E-state index is 16.2. The van der Waals surface area contributed by atoms with Gasteiger partial charge in [-0.15, -0.1) is 0 Å². The van der Waals surface area contributed by atoms with E-state index in [1.165, 1.54) is 39.1 Å². The second-order valence-electron chi connectivity index (χ2n) is 28.5. The first kappa shape index (κ1) is 87.4. The minimum absolute atomic E-state index is 0.0200. The first-order valence-electron chi connectivity index (χ1n) is 36.4. The van der Waals surface area contributed by atoms with E-state index in [-0.39, 0.29) is 99.0 Å². The molecule has 115 heavy (non-hydrogen) atoms. The third-order valence-corrected chi connectivity index (χ3v) is 20.1. The van der Waals surface area contributed by atoms with Crippen molar-refractivity contribution in [1.82, 2.24) is 42.5 Å². The standard InChI is InChI=1S/C74H91Cl2N13O26/c1-31(2)20-42(80-5)66(100)87-57-59(95)34-7-10-46(40(75)22-34)111-48-24-36-25-49(63(48)115-73-64(62(98)61(97)50(30-90)113-73)114-52-29-74(4,78)65(99)32(3)110-52)112-47-11-8-35(23-41(47)76)60(96)58-72(106)86-56(68(102)81-12-14-107-16-18-109-19-17-108-15-13-82-89-79)39-26-37(91)27-45(93)53(39)38-21-33(6-9-44(38)92)54(69(103)88-58)85-70(104)55(36)84-67(101)43(28-51(77)94)83-71(57)105/h6-11,21-27,31-32,42-43,50,52,54-62,64-65,73,80,90-93,95-99H,12-20,28-30,78H2,1-5H3,(H2,77,94)(H,81,102)(H,83,105)(H,84,101)(H,85,104)(H,86,106)(H,87,100)(H,88,103)/t32-,42+,43-,50+,52-,54+,55+,56-,57+,58-,59+,60+,61+,62-,64+,65+,73-,74-/m0/s1. The zero-order chi connectivity index (χ0) is 83.4. The first-order valence-corrected chi connectivity index (χ1v) is 37.2. The molecule has 11 bridgehead atoms. The lowest BCUT2D eigenvalue weighted by Crippen LogP contribution is -2.64. The largest absolute Gasteiger partial charge is 0.508 e. The van der Waals surface area contributed by atoms with E-state index in [4.69, 9.17) is 82.8 Å². The number of azide groups is 1. The average Bonchev–Trinajstić information content (AvgIpc) is 0.765. The van der Waals surface area contributed by atoms with E-state index in [1.807, 2.05) is 13.8 Å². The Hall–Kier alpha value is -10.0. The van der Waals surface area contributed by atoms with Crippen molar-refractivity contribution in [2.45, 2.75) is 156 Å². The van der Waals surface area contributed by atoms with Crippen LogP contribution in [-0.4, -0.2) is 239 Å². The fourth-order valence-corrected chi connectivity index (χ4v) is 14.0. The molecule has 7 heterocycles. The van der Waals surface area contributed by atoms with E-state index in [0.29, 0.717) is 0 Å². The third-order valence-electron chi connectivity index (χ3n) is 19.5. The Balaban J connectivity index is 1.16. The quantitative estimate of drug-likeness (QED) is 0.0164. The van der Waals surface area contributed by atoms with Gasteiger partial charge in [-0.05, 0) is 121 Å². The number of amides is 8. The van der Waals surface area contributed by atoms with Crippen molar-refractivity contribution in [1.29, 1.82) is 0 Å². The van der Waals surface area contributed by atoms with Crippen molar-refractivity contribution < 1.29 is 127 Å². The number of likely N-dealkylation sites (N-methyl/N-ethyl adjacent to an activating group) is 1. The molecule has 622 valence electrons. The van der Waals surface area contributed by atoms with Gasteiger partial charge >= 0.3 is 0 Å². The molecule has 41 heteroatoms. The lowest BCUT2D eigenvalue weighted by Gasteiger charge is -2.47. The Morgan fingerprint density at radius 2 is 1.32 bits per heavy atom. The molecule has 0 radical (unpaired) electrons. The van der Waals surface area contributed by atoms with Crippen LogP contribution in [-0.2, 0) is 66.8 Å². The van der Waals surface area contributed by atoms with Gasteiger partial charge in [-0.3, -0.25) is 38.4 Å². The van der Waals surface area contributed by atoms with Crippen molar-refractivity contribution >= 4 is 70.5 Å². The summed E-state index contributed by atoms with van der Waals surface area (Å²) in [5.74, 6) is -15.0. The first-order chi connectivity index (χ1) is 54.7. The van der Waals surface area contributed by atoms with E-state index in [9.17, 15) is 65.1 Å². The minimum Gasteiger partial charge on any atom is -0.508 e. The molecule has 0 unspecified atom stereocenters. The number of hydrogen-bond acceptors (Lipinski definition) is 29. The Kier molecular flexibility index (Phi) is 29.3. The molecule has 39 nitrogen and oxygen atoms in total. The number of halogens is 2. The van der Waals surface area contributed by atoms with Gasteiger partial charge in [0.05, 0.1) is 81.0 Å². The van der Waals surface area contributed by atoms with Crippen LogP contribution in [0.2, 0.25) is 10.0 Å². The Morgan fingerprint density at radius 1 is 0.713 bits per heavy atom. The maximum atomic E-state index is 16.2. The molecule has 0 spiro atoms. The highest BCUT2D eigenvalue weighted by atomic mass is 35.5. The average molecular weight is 1650 g/mol. The molecule has 8 amide bonds. The van der Waals surface area contributed by atoms with Crippen LogP contribution in [0.5, 0.6) is 46.0 Å². The number of ether oxygens (including phenoxy) is 9. The van der Waals surface area contributed by atoms with Gasteiger partial charge < -0.3 is 143 Å². The van der Waals surface area contributed by atoms with Crippen LogP contribution in [0.15, 0.2) is 84.0 Å². The monoisotopic (exact) mass is 1650 g/mol. The minimum atomic E-state index is -2.36. The number of aliphatic hydroxyl groups excluding tert-OH is 6. The predicted molar refractivity (Wildman–Crippen MR) is 401 cm³/mol. The summed E-state index contributed by atoms with van der Waals surface area (Å²) in [4.78, 5) is 123. The Morgan fingerprint density at radius 3 is 1.93 bits per heavy atom. The number of primary amides is 1. The van der Waals surface area contributed by atoms with Gasteiger partial charge in [-0.1, -0.05) is 60.4 Å². The number of aromatic hydroxyl groups is 3. The van der Waals surface area contributed by atoms with Gasteiger partial charge in [-0.25, -0.2) is 0 Å². The summed E-state index contributed by atoms with van der Waals surface area (Å²) in [6.07, 6.45) is -18.7. The number of benzene rings is 5. The summed E-state index contributed by atoms with van der Waals surface area (Å²) in [6.45, 7) is 5.98. The van der Waals surface area contributed by atoms with Crippen LogP contribution in [0.1, 0.15) is 105 Å². The van der Waals surface area contributed by atoms with Crippen LogP contribution in [0.25, 0.3) is 21.6 Å². The summed E-state index contributed by atoms with van der Waals surface area (Å²) in [5, 5.41) is 128. The highest BCUT2D eigenvalue weighted by Crippen LogP contribution is 2.50. The molecule has 7 aliphatic rings. The summed E-state index contributed by atoms with van der Waals surface area (Å²) in [6, 6.07) is -0.0734. The molecule has 7 aliphatic heterocycles. The number of nitrogens with zero attached hydrogens (tertiary/aromatic N) is 3. The second kappa shape index (κ2) is 38.6. The van der Waals surface area contributed by atoms with Crippen molar-refractivity contribution in [2.24, 2.45) is 22.5 Å². The number of nitrogens with one attached hydrogen (secondary N) is 8. The Labute approximate surface area is 666 Å². The number of phenolic OH excluding ortho intramolecular Hbond substituents is 3. The van der Waals surface area contributed by atoms with E-state index in [0.717, 1.165) is 60.7 Å². The van der Waals surface area contributed by atoms with Gasteiger partial charge in [0.1, 0.15) is 95.5 Å². The van der Waals surface area contributed by atoms with Crippen LogP contribution in [0, 0.1) is 5.92 Å². The van der Waals surface area contributed by atoms with Crippen LogP contribution in [0.3, 0.4) is 0 Å². The fourth-order valence-electron chi connectivity index (χ4n) is 13.5. The van der Waals surface area contributed by atoms with Crippen molar-refractivity contribution in [3.05, 3.63) is 127 Å². The summed E-state index contributed by atoms with van der Waals surface area (Å²) < 4.78 is 55.0. The molecule has 18 atom stereocenters. The number of fused-ring (bicyclic) bond motifs is 15. The van der Waals surface area contributed by atoms with E-state index in [2.05, 4.69) is 52.6 Å². The van der Waals surface area contributed by atoms with E-state index in [1.54, 1.807) is 0 Å². The van der Waals surface area contributed by atoms with Crippen molar-refractivity contribution in [3.8, 4) is 57.1 Å². The molecular weight excluding hydrogens is 1560 g/mol. The van der Waals surface area contributed by atoms with Crippen molar-refractivity contribution in [3.63, 3.8) is 0 Å². The third kappa shape index (κ3) is 21.0. The number of nitrogens with two attached hydrogens (primary N) is 2. The Bertz CT molecular complexity index is 4470.